The zero-order valence-electron chi connectivity index (χ0n) is 9.96. The second-order valence-electron chi connectivity index (χ2n) is 4.10. The van der Waals surface area contributed by atoms with Gasteiger partial charge in [0, 0.05) is 0 Å². The smallest absolute Gasteiger partial charge is 0.244 e. The first kappa shape index (κ1) is 13.6. The van der Waals surface area contributed by atoms with Crippen molar-refractivity contribution in [1.82, 2.24) is 9.62 Å². The Morgan fingerprint density at radius 3 is 2.68 bits per heavy atom. The second-order valence-corrected chi connectivity index (χ2v) is 5.99. The van der Waals surface area contributed by atoms with Crippen molar-refractivity contribution < 1.29 is 22.4 Å². The number of carbonyl (C=O) groups excluding carboxylic acids is 2. The summed E-state index contributed by atoms with van der Waals surface area (Å²) in [4.78, 5) is 22.4. The summed E-state index contributed by atoms with van der Waals surface area (Å²) in [7, 11) is -4.09. The summed E-state index contributed by atoms with van der Waals surface area (Å²) in [6.45, 7) is 0.893. The van der Waals surface area contributed by atoms with Crippen molar-refractivity contribution in [3.63, 3.8) is 0 Å². The van der Waals surface area contributed by atoms with Gasteiger partial charge in [-0.1, -0.05) is 6.07 Å². The SMILES string of the molecule is CC1C(=O)NC(=O)CN1S(=O)(=O)c1cccc(F)c1. The number of imide groups is 1. The molecule has 0 spiro atoms. The fourth-order valence-electron chi connectivity index (χ4n) is 1.75. The number of amides is 2. The van der Waals surface area contributed by atoms with E-state index in [2.05, 4.69) is 0 Å². The van der Waals surface area contributed by atoms with Gasteiger partial charge in [-0.2, -0.15) is 4.31 Å². The summed E-state index contributed by atoms with van der Waals surface area (Å²) in [5.41, 5.74) is 0. The first-order chi connectivity index (χ1) is 8.82. The molecule has 1 aliphatic heterocycles. The molecule has 1 aromatic rings. The molecule has 1 N–H and O–H groups in total. The number of halogens is 1. The van der Waals surface area contributed by atoms with Crippen LogP contribution in [0.2, 0.25) is 0 Å². The van der Waals surface area contributed by atoms with Crippen LogP contribution in [0.5, 0.6) is 0 Å². The number of sulfonamides is 1. The molecule has 0 aromatic heterocycles. The third kappa shape index (κ3) is 2.49. The summed E-state index contributed by atoms with van der Waals surface area (Å²) < 4.78 is 38.4. The number of rotatable bonds is 2. The number of benzene rings is 1. The number of hydrogen-bond acceptors (Lipinski definition) is 4. The van der Waals surface area contributed by atoms with Gasteiger partial charge in [0.1, 0.15) is 11.9 Å². The number of nitrogens with zero attached hydrogens (tertiary/aromatic N) is 1. The minimum Gasteiger partial charge on any atom is -0.294 e. The highest BCUT2D eigenvalue weighted by molar-refractivity contribution is 7.89. The lowest BCUT2D eigenvalue weighted by molar-refractivity contribution is -0.136. The van der Waals surface area contributed by atoms with Crippen LogP contribution in [-0.4, -0.2) is 37.1 Å². The van der Waals surface area contributed by atoms with Gasteiger partial charge in [0.15, 0.2) is 0 Å². The number of carbonyl (C=O) groups is 2. The fraction of sp³-hybridized carbons (Fsp3) is 0.273. The summed E-state index contributed by atoms with van der Waals surface area (Å²) >= 11 is 0. The van der Waals surface area contributed by atoms with Crippen molar-refractivity contribution >= 4 is 21.8 Å². The molecule has 1 aliphatic rings. The molecular formula is C11H11FN2O4S. The van der Waals surface area contributed by atoms with Gasteiger partial charge in [-0.25, -0.2) is 12.8 Å². The Balaban J connectivity index is 2.44. The van der Waals surface area contributed by atoms with Crippen molar-refractivity contribution in [2.45, 2.75) is 17.9 Å². The number of nitrogens with one attached hydrogen (secondary N) is 1. The molecule has 8 heteroatoms. The van der Waals surface area contributed by atoms with Crippen LogP contribution in [0.3, 0.4) is 0 Å². The summed E-state index contributed by atoms with van der Waals surface area (Å²) in [6.07, 6.45) is 0. The molecule has 1 fully saturated rings. The van der Waals surface area contributed by atoms with Gasteiger partial charge in [-0.3, -0.25) is 14.9 Å². The summed E-state index contributed by atoms with van der Waals surface area (Å²) in [5.74, 6) is -2.11. The summed E-state index contributed by atoms with van der Waals surface area (Å²) in [6, 6.07) is 3.39. The zero-order valence-corrected chi connectivity index (χ0v) is 10.8. The third-order valence-corrected chi connectivity index (χ3v) is 4.69. The average molecular weight is 286 g/mol. The molecule has 19 heavy (non-hydrogen) atoms. The van der Waals surface area contributed by atoms with Gasteiger partial charge in [-0.05, 0) is 25.1 Å². The number of piperazine rings is 1. The Morgan fingerprint density at radius 1 is 1.37 bits per heavy atom. The van der Waals surface area contributed by atoms with E-state index in [0.29, 0.717) is 0 Å². The van der Waals surface area contributed by atoms with Crippen molar-refractivity contribution in [3.05, 3.63) is 30.1 Å². The Hall–Kier alpha value is -1.80. The molecule has 1 aromatic carbocycles. The maximum absolute atomic E-state index is 13.1. The van der Waals surface area contributed by atoms with E-state index in [-0.39, 0.29) is 4.90 Å². The van der Waals surface area contributed by atoms with E-state index < -0.39 is 40.2 Å². The van der Waals surface area contributed by atoms with E-state index in [1.165, 1.54) is 19.1 Å². The van der Waals surface area contributed by atoms with E-state index in [4.69, 9.17) is 0 Å². The lowest BCUT2D eigenvalue weighted by Crippen LogP contribution is -2.58. The van der Waals surface area contributed by atoms with Gasteiger partial charge in [-0.15, -0.1) is 0 Å². The van der Waals surface area contributed by atoms with Crippen LogP contribution in [0.1, 0.15) is 6.92 Å². The van der Waals surface area contributed by atoms with Gasteiger partial charge < -0.3 is 0 Å². The van der Waals surface area contributed by atoms with Gasteiger partial charge in [0.05, 0.1) is 11.4 Å². The van der Waals surface area contributed by atoms with Gasteiger partial charge >= 0.3 is 0 Å². The third-order valence-electron chi connectivity index (χ3n) is 2.78. The normalized spacial score (nSPS) is 21.3. The predicted molar refractivity (Wildman–Crippen MR) is 62.9 cm³/mol. The van der Waals surface area contributed by atoms with Crippen LogP contribution in [0, 0.1) is 5.82 Å². The Morgan fingerprint density at radius 2 is 2.05 bits per heavy atom. The topological polar surface area (TPSA) is 83.6 Å². The van der Waals surface area contributed by atoms with E-state index in [1.807, 2.05) is 5.32 Å². The Kier molecular flexibility index (Phi) is 3.38. The minimum atomic E-state index is -4.09. The van der Waals surface area contributed by atoms with Crippen LogP contribution < -0.4 is 5.32 Å². The highest BCUT2D eigenvalue weighted by Gasteiger charge is 2.38. The molecule has 0 saturated carbocycles. The molecule has 0 bridgehead atoms. The Bertz CT molecular complexity index is 644. The molecule has 6 nitrogen and oxygen atoms in total. The van der Waals surface area contributed by atoms with Crippen LogP contribution in [0.25, 0.3) is 0 Å². The Labute approximate surface area is 109 Å². The van der Waals surface area contributed by atoms with Crippen LogP contribution >= 0.6 is 0 Å². The monoisotopic (exact) mass is 286 g/mol. The largest absolute Gasteiger partial charge is 0.294 e. The lowest BCUT2D eigenvalue weighted by Gasteiger charge is -2.30. The van der Waals surface area contributed by atoms with Gasteiger partial charge in [0.25, 0.3) is 0 Å². The molecular weight excluding hydrogens is 275 g/mol. The predicted octanol–water partition coefficient (Wildman–Crippen LogP) is -0.139. The van der Waals surface area contributed by atoms with Gasteiger partial charge in [0.2, 0.25) is 21.8 Å². The minimum absolute atomic E-state index is 0.290. The molecule has 1 heterocycles. The van der Waals surface area contributed by atoms with E-state index in [0.717, 1.165) is 16.4 Å². The molecule has 2 amide bonds. The van der Waals surface area contributed by atoms with Crippen molar-refractivity contribution in [2.75, 3.05) is 6.54 Å². The molecule has 1 unspecified atom stereocenters. The molecule has 0 radical (unpaired) electrons. The maximum Gasteiger partial charge on any atom is 0.244 e. The van der Waals surface area contributed by atoms with E-state index in [1.54, 1.807) is 0 Å². The quantitative estimate of drug-likeness (QED) is 0.767. The first-order valence-electron chi connectivity index (χ1n) is 5.43. The average Bonchev–Trinajstić information content (AvgIpc) is 2.33. The molecule has 2 rings (SSSR count). The van der Waals surface area contributed by atoms with E-state index >= 15 is 0 Å². The maximum atomic E-state index is 13.1. The summed E-state index contributed by atoms with van der Waals surface area (Å²) in [5, 5.41) is 2.04. The molecule has 1 saturated heterocycles. The van der Waals surface area contributed by atoms with Crippen LogP contribution in [0.4, 0.5) is 4.39 Å². The first-order valence-corrected chi connectivity index (χ1v) is 6.87. The highest BCUT2D eigenvalue weighted by Crippen LogP contribution is 2.20. The zero-order chi connectivity index (χ0) is 14.2. The highest BCUT2D eigenvalue weighted by atomic mass is 32.2. The van der Waals surface area contributed by atoms with Crippen LogP contribution in [0.15, 0.2) is 29.2 Å². The molecule has 1 atom stereocenters. The fourth-order valence-corrected chi connectivity index (χ4v) is 3.33. The van der Waals surface area contributed by atoms with Crippen molar-refractivity contribution in [2.24, 2.45) is 0 Å². The standard InChI is InChI=1S/C11H11FN2O4S/c1-7-11(16)13-10(15)6-14(7)19(17,18)9-4-2-3-8(12)5-9/h2-5,7H,6H2,1H3,(H,13,15,16). The second kappa shape index (κ2) is 4.71. The molecule has 0 aliphatic carbocycles. The van der Waals surface area contributed by atoms with E-state index in [9.17, 15) is 22.4 Å². The van der Waals surface area contributed by atoms with Crippen molar-refractivity contribution in [1.29, 1.82) is 0 Å². The number of hydrogen-bond donors (Lipinski definition) is 1. The molecule has 102 valence electrons. The lowest BCUT2D eigenvalue weighted by atomic mass is 10.2. The van der Waals surface area contributed by atoms with Crippen LogP contribution in [-0.2, 0) is 19.6 Å². The van der Waals surface area contributed by atoms with Crippen molar-refractivity contribution in [3.8, 4) is 0 Å².